The number of fused-ring (bicyclic) bond motifs is 1. The summed E-state index contributed by atoms with van der Waals surface area (Å²) in [6.07, 6.45) is -0.618. The Hall–Kier alpha value is -2.89. The minimum Gasteiger partial charge on any atom is -0.479 e. The molecular formula is C21H23FN2O3. The number of carbonyl (C=O) groups is 2. The van der Waals surface area contributed by atoms with Crippen LogP contribution >= 0.6 is 0 Å². The molecule has 142 valence electrons. The van der Waals surface area contributed by atoms with Gasteiger partial charge in [0.15, 0.2) is 6.10 Å². The summed E-state index contributed by atoms with van der Waals surface area (Å²) >= 11 is 0. The summed E-state index contributed by atoms with van der Waals surface area (Å²) in [7, 11) is 0. The van der Waals surface area contributed by atoms with Gasteiger partial charge in [0.05, 0.1) is 12.2 Å². The van der Waals surface area contributed by atoms with Gasteiger partial charge in [0.25, 0.3) is 5.91 Å². The number of rotatable bonds is 3. The van der Waals surface area contributed by atoms with E-state index in [0.29, 0.717) is 17.1 Å². The van der Waals surface area contributed by atoms with E-state index in [1.54, 1.807) is 42.2 Å². The van der Waals surface area contributed by atoms with Gasteiger partial charge < -0.3 is 15.0 Å². The smallest absolute Gasteiger partial charge is 0.268 e. The van der Waals surface area contributed by atoms with Crippen LogP contribution < -0.4 is 15.0 Å². The molecule has 0 saturated carbocycles. The molecule has 1 unspecified atom stereocenters. The zero-order chi connectivity index (χ0) is 19.8. The Morgan fingerprint density at radius 3 is 2.48 bits per heavy atom. The van der Waals surface area contributed by atoms with Crippen LogP contribution in [0.2, 0.25) is 0 Å². The lowest BCUT2D eigenvalue weighted by Crippen LogP contribution is -2.44. The molecule has 2 amide bonds. The van der Waals surface area contributed by atoms with E-state index >= 15 is 0 Å². The van der Waals surface area contributed by atoms with E-state index in [0.717, 1.165) is 5.56 Å². The Morgan fingerprint density at radius 1 is 1.19 bits per heavy atom. The normalized spacial score (nSPS) is 16.6. The number of carbonyl (C=O) groups excluding carboxylic acids is 2. The maximum absolute atomic E-state index is 13.2. The molecule has 2 aromatic carbocycles. The van der Waals surface area contributed by atoms with Gasteiger partial charge in [-0.05, 0) is 42.8 Å². The predicted molar refractivity (Wildman–Crippen MR) is 102 cm³/mol. The third-order valence-corrected chi connectivity index (χ3v) is 4.36. The number of nitrogens with one attached hydrogen (secondary N) is 1. The molecule has 2 aromatic rings. The van der Waals surface area contributed by atoms with E-state index in [-0.39, 0.29) is 24.2 Å². The molecule has 0 bridgehead atoms. The van der Waals surface area contributed by atoms with E-state index in [4.69, 9.17) is 4.74 Å². The van der Waals surface area contributed by atoms with Gasteiger partial charge in [-0.1, -0.05) is 32.9 Å². The van der Waals surface area contributed by atoms with Gasteiger partial charge in [-0.25, -0.2) is 4.39 Å². The Balaban J connectivity index is 1.93. The maximum Gasteiger partial charge on any atom is 0.268 e. The number of nitrogens with zero attached hydrogens (tertiary/aromatic N) is 1. The molecule has 27 heavy (non-hydrogen) atoms. The second-order valence-electron chi connectivity index (χ2n) is 7.70. The fraction of sp³-hybridized carbons (Fsp3) is 0.333. The van der Waals surface area contributed by atoms with Crippen LogP contribution in [0.5, 0.6) is 5.75 Å². The monoisotopic (exact) mass is 370 g/mol. The lowest BCUT2D eigenvalue weighted by atomic mass is 9.95. The zero-order valence-electron chi connectivity index (χ0n) is 15.9. The molecule has 0 aliphatic carbocycles. The quantitative estimate of drug-likeness (QED) is 0.884. The van der Waals surface area contributed by atoms with Crippen LogP contribution in [0.25, 0.3) is 0 Å². The van der Waals surface area contributed by atoms with Crippen LogP contribution in [0.15, 0.2) is 42.5 Å². The van der Waals surface area contributed by atoms with Gasteiger partial charge >= 0.3 is 0 Å². The Morgan fingerprint density at radius 2 is 1.85 bits per heavy atom. The summed E-state index contributed by atoms with van der Waals surface area (Å²) in [5, 5.41) is 2.87. The number of amides is 2. The average molecular weight is 370 g/mol. The summed E-state index contributed by atoms with van der Waals surface area (Å²) in [6, 6.07) is 11.2. The molecule has 0 saturated heterocycles. The molecule has 0 aromatic heterocycles. The van der Waals surface area contributed by atoms with Crippen molar-refractivity contribution in [2.45, 2.75) is 40.3 Å². The first-order chi connectivity index (χ1) is 12.6. The largest absolute Gasteiger partial charge is 0.479 e. The molecule has 3 rings (SSSR count). The average Bonchev–Trinajstić information content (AvgIpc) is 2.60. The molecule has 1 heterocycles. The first-order valence-electron chi connectivity index (χ1n) is 8.83. The maximum atomic E-state index is 13.2. The van der Waals surface area contributed by atoms with Crippen molar-refractivity contribution in [3.8, 4) is 5.75 Å². The van der Waals surface area contributed by atoms with Crippen LogP contribution in [-0.2, 0) is 16.1 Å². The van der Waals surface area contributed by atoms with Crippen LogP contribution in [-0.4, -0.2) is 17.9 Å². The predicted octanol–water partition coefficient (Wildman–Crippen LogP) is 4.12. The lowest BCUT2D eigenvalue weighted by Gasteiger charge is -2.33. The second kappa shape index (κ2) is 7.02. The number of hydrogen-bond donors (Lipinski definition) is 1. The van der Waals surface area contributed by atoms with Gasteiger partial charge in [0, 0.05) is 11.1 Å². The first-order valence-corrected chi connectivity index (χ1v) is 8.83. The van der Waals surface area contributed by atoms with Crippen molar-refractivity contribution in [3.05, 3.63) is 53.8 Å². The first kappa shape index (κ1) is 18.9. The number of hydrogen-bond acceptors (Lipinski definition) is 3. The highest BCUT2D eigenvalue weighted by atomic mass is 19.1. The summed E-state index contributed by atoms with van der Waals surface area (Å²) in [6.45, 7) is 7.47. The highest BCUT2D eigenvalue weighted by molar-refractivity contribution is 6.01. The highest BCUT2D eigenvalue weighted by Crippen LogP contribution is 2.37. The zero-order valence-corrected chi connectivity index (χ0v) is 15.9. The Labute approximate surface area is 158 Å². The van der Waals surface area contributed by atoms with Crippen molar-refractivity contribution < 1.29 is 18.7 Å². The van der Waals surface area contributed by atoms with Crippen molar-refractivity contribution in [1.29, 1.82) is 0 Å². The van der Waals surface area contributed by atoms with E-state index < -0.39 is 11.5 Å². The number of halogens is 1. The topological polar surface area (TPSA) is 58.6 Å². The van der Waals surface area contributed by atoms with Crippen molar-refractivity contribution >= 4 is 23.2 Å². The minimum absolute atomic E-state index is 0.121. The summed E-state index contributed by atoms with van der Waals surface area (Å²) in [5.74, 6) is -0.0685. The van der Waals surface area contributed by atoms with Gasteiger partial charge in [0.2, 0.25) is 5.91 Å². The molecule has 1 aliphatic rings. The SMILES string of the molecule is CC1Oc2ccc(NC(=O)C(C)(C)C)cc2N(Cc2ccc(F)cc2)C1=O. The molecule has 1 aliphatic heterocycles. The van der Waals surface area contributed by atoms with Crippen LogP contribution in [0.1, 0.15) is 33.3 Å². The molecule has 6 heteroatoms. The van der Waals surface area contributed by atoms with Crippen LogP contribution in [0.4, 0.5) is 15.8 Å². The Kier molecular flexibility index (Phi) is 4.91. The third kappa shape index (κ3) is 4.10. The fourth-order valence-corrected chi connectivity index (χ4v) is 2.74. The highest BCUT2D eigenvalue weighted by Gasteiger charge is 2.32. The van der Waals surface area contributed by atoms with Gasteiger partial charge in [0.1, 0.15) is 11.6 Å². The number of benzene rings is 2. The van der Waals surface area contributed by atoms with Crippen LogP contribution in [0.3, 0.4) is 0 Å². The molecule has 1 atom stereocenters. The van der Waals surface area contributed by atoms with E-state index in [1.165, 1.54) is 12.1 Å². The van der Waals surface area contributed by atoms with E-state index in [9.17, 15) is 14.0 Å². The second-order valence-corrected chi connectivity index (χ2v) is 7.70. The summed E-state index contributed by atoms with van der Waals surface area (Å²) < 4.78 is 18.9. The van der Waals surface area contributed by atoms with Crippen molar-refractivity contribution in [2.75, 3.05) is 10.2 Å². The standard InChI is InChI=1S/C21H23FN2O3/c1-13-19(25)24(12-14-5-7-15(22)8-6-14)17-11-16(9-10-18(17)27-13)23-20(26)21(2,3)4/h5-11,13H,12H2,1-4H3,(H,23,26). The van der Waals surface area contributed by atoms with Crippen molar-refractivity contribution in [3.63, 3.8) is 0 Å². The molecule has 1 N–H and O–H groups in total. The molecule has 5 nitrogen and oxygen atoms in total. The molecule has 0 spiro atoms. The fourth-order valence-electron chi connectivity index (χ4n) is 2.74. The third-order valence-electron chi connectivity index (χ3n) is 4.36. The summed E-state index contributed by atoms with van der Waals surface area (Å²) in [4.78, 5) is 26.6. The Bertz CT molecular complexity index is 872. The van der Waals surface area contributed by atoms with Crippen molar-refractivity contribution in [2.24, 2.45) is 5.41 Å². The minimum atomic E-state index is -0.618. The lowest BCUT2D eigenvalue weighted by molar-refractivity contribution is -0.125. The van der Waals surface area contributed by atoms with Gasteiger partial charge in [-0.15, -0.1) is 0 Å². The molecular weight excluding hydrogens is 347 g/mol. The molecule has 0 fully saturated rings. The summed E-state index contributed by atoms with van der Waals surface area (Å²) in [5.41, 5.74) is 1.43. The molecule has 0 radical (unpaired) electrons. The van der Waals surface area contributed by atoms with E-state index in [2.05, 4.69) is 5.32 Å². The number of anilines is 2. The van der Waals surface area contributed by atoms with Gasteiger partial charge in [-0.3, -0.25) is 9.59 Å². The van der Waals surface area contributed by atoms with Gasteiger partial charge in [-0.2, -0.15) is 0 Å². The van der Waals surface area contributed by atoms with Crippen LogP contribution in [0, 0.1) is 11.2 Å². The van der Waals surface area contributed by atoms with Crippen molar-refractivity contribution in [1.82, 2.24) is 0 Å². The number of ether oxygens (including phenoxy) is 1. The van der Waals surface area contributed by atoms with E-state index in [1.807, 2.05) is 20.8 Å².